The van der Waals surface area contributed by atoms with Gasteiger partial charge in [0.05, 0.1) is 12.9 Å². The van der Waals surface area contributed by atoms with E-state index in [1.54, 1.807) is 29.9 Å². The summed E-state index contributed by atoms with van der Waals surface area (Å²) >= 11 is 1.55. The van der Waals surface area contributed by atoms with E-state index in [9.17, 15) is 14.4 Å². The molecule has 4 atom stereocenters. The molecule has 3 rings (SSSR count). The molecule has 1 amide bonds. The van der Waals surface area contributed by atoms with Crippen molar-refractivity contribution in [3.8, 4) is 0 Å². The van der Waals surface area contributed by atoms with Crippen molar-refractivity contribution in [1.82, 2.24) is 9.80 Å². The van der Waals surface area contributed by atoms with Gasteiger partial charge in [-0.2, -0.15) is 0 Å². The van der Waals surface area contributed by atoms with Gasteiger partial charge < -0.3 is 24.0 Å². The van der Waals surface area contributed by atoms with E-state index in [1.807, 2.05) is 13.8 Å². The molecule has 0 aliphatic carbocycles. The van der Waals surface area contributed by atoms with Crippen LogP contribution in [0.1, 0.15) is 53.4 Å². The van der Waals surface area contributed by atoms with Crippen molar-refractivity contribution in [3.05, 3.63) is 0 Å². The highest BCUT2D eigenvalue weighted by Gasteiger charge is 2.64. The first kappa shape index (κ1) is 22.7. The highest BCUT2D eigenvalue weighted by molar-refractivity contribution is 8.01. The zero-order valence-electron chi connectivity index (χ0n) is 18.0. The van der Waals surface area contributed by atoms with Gasteiger partial charge in [-0.3, -0.25) is 9.79 Å². The molecule has 3 fully saturated rings. The molecule has 3 heterocycles. The number of esters is 1. The van der Waals surface area contributed by atoms with Gasteiger partial charge in [0, 0.05) is 24.8 Å². The smallest absolute Gasteiger partial charge is 0.435 e. The van der Waals surface area contributed by atoms with Gasteiger partial charge in [-0.1, -0.05) is 12.8 Å². The quantitative estimate of drug-likeness (QED) is 0.204. The molecule has 0 spiro atoms. The Hall–Kier alpha value is -1.97. The number of carbonyl (C=O) groups excluding carboxylic acids is 3. The molecule has 3 saturated heterocycles. The number of carbonyl (C=O) groups is 3. The first-order valence-electron chi connectivity index (χ1n) is 10.6. The second-order valence-corrected chi connectivity index (χ2v) is 10.00. The summed E-state index contributed by atoms with van der Waals surface area (Å²) < 4.78 is 14.3. The van der Waals surface area contributed by atoms with E-state index in [2.05, 4.69) is 14.6 Å². The molecule has 168 valence electrons. The number of ether oxygens (including phenoxy) is 3. The first-order chi connectivity index (χ1) is 14.2. The summed E-state index contributed by atoms with van der Waals surface area (Å²) in [5.41, 5.74) is 0. The molecule has 9 nitrogen and oxygen atoms in total. The highest BCUT2D eigenvalue weighted by atomic mass is 32.2. The molecule has 0 aromatic carbocycles. The zero-order valence-corrected chi connectivity index (χ0v) is 18.9. The minimum Gasteiger partial charge on any atom is -0.435 e. The number of fused-ring (bicyclic) bond motifs is 1. The van der Waals surface area contributed by atoms with E-state index in [0.29, 0.717) is 0 Å². The van der Waals surface area contributed by atoms with Crippen LogP contribution in [-0.4, -0.2) is 82.4 Å². The van der Waals surface area contributed by atoms with Crippen LogP contribution in [-0.2, 0) is 23.8 Å². The maximum atomic E-state index is 12.8. The molecule has 3 aliphatic rings. The lowest BCUT2D eigenvalue weighted by Gasteiger charge is -2.42. The van der Waals surface area contributed by atoms with Crippen LogP contribution >= 0.6 is 11.8 Å². The average molecular weight is 442 g/mol. The van der Waals surface area contributed by atoms with Crippen molar-refractivity contribution >= 4 is 36.1 Å². The largest absolute Gasteiger partial charge is 0.511 e. The molecule has 30 heavy (non-hydrogen) atoms. The molecular weight excluding hydrogens is 410 g/mol. The van der Waals surface area contributed by atoms with Gasteiger partial charge in [-0.15, -0.1) is 11.8 Å². The van der Waals surface area contributed by atoms with Crippen LogP contribution in [0, 0.1) is 0 Å². The fraction of sp³-hybridized carbons (Fsp3) is 0.800. The van der Waals surface area contributed by atoms with E-state index in [4.69, 9.17) is 9.47 Å². The Morgan fingerprint density at radius 1 is 1.23 bits per heavy atom. The number of likely N-dealkylation sites (tertiary alicyclic amines) is 1. The third kappa shape index (κ3) is 4.84. The molecule has 0 N–H and O–H groups in total. The molecule has 0 radical (unpaired) electrons. The van der Waals surface area contributed by atoms with Gasteiger partial charge in [0.25, 0.3) is 5.91 Å². The Labute approximate surface area is 181 Å². The van der Waals surface area contributed by atoms with Gasteiger partial charge in [0.15, 0.2) is 6.04 Å². The Morgan fingerprint density at radius 3 is 2.53 bits per heavy atom. The minimum atomic E-state index is -1.11. The number of nitrogens with zero attached hydrogens (tertiary/aromatic N) is 3. The Kier molecular flexibility index (Phi) is 7.15. The topological polar surface area (TPSA) is 97.7 Å². The maximum absolute atomic E-state index is 12.8. The van der Waals surface area contributed by atoms with Crippen molar-refractivity contribution in [2.45, 2.75) is 81.9 Å². The van der Waals surface area contributed by atoms with Crippen molar-refractivity contribution in [1.29, 1.82) is 0 Å². The van der Waals surface area contributed by atoms with Crippen molar-refractivity contribution in [2.75, 3.05) is 19.7 Å². The van der Waals surface area contributed by atoms with Gasteiger partial charge in [-0.25, -0.2) is 9.59 Å². The number of β-lactam (4-membered cyclic amide) rings is 1. The standard InChI is InChI=1S/C20H31N3O6S/c1-5-27-19(26)29-13(2)28-18(25)15-20(3,4)30-17-14(16(24)23(15)17)21-12-22-10-8-6-7-9-11-22/h12-15,17H,5-11H2,1-4H3/t13?,14?,15-,17+/m0/s1. The molecule has 10 heteroatoms. The van der Waals surface area contributed by atoms with Crippen molar-refractivity contribution in [3.63, 3.8) is 0 Å². The lowest BCUT2D eigenvalue weighted by molar-refractivity contribution is -0.180. The molecule has 0 saturated carbocycles. The van der Waals surface area contributed by atoms with Gasteiger partial charge in [0.1, 0.15) is 11.4 Å². The molecule has 0 aromatic heterocycles. The lowest BCUT2D eigenvalue weighted by Crippen LogP contribution is -2.65. The van der Waals surface area contributed by atoms with E-state index < -0.39 is 35.2 Å². The van der Waals surface area contributed by atoms with Gasteiger partial charge >= 0.3 is 12.1 Å². The summed E-state index contributed by atoms with van der Waals surface area (Å²) in [6, 6.07) is -1.25. The minimum absolute atomic E-state index is 0.162. The highest BCUT2D eigenvalue weighted by Crippen LogP contribution is 2.52. The first-order valence-corrected chi connectivity index (χ1v) is 11.4. The fourth-order valence-electron chi connectivity index (χ4n) is 4.03. The molecule has 0 bridgehead atoms. The summed E-state index contributed by atoms with van der Waals surface area (Å²) in [5, 5.41) is -0.199. The number of hydrogen-bond donors (Lipinski definition) is 0. The summed E-state index contributed by atoms with van der Waals surface area (Å²) in [6.45, 7) is 8.99. The summed E-state index contributed by atoms with van der Waals surface area (Å²) in [5.74, 6) is -0.778. The van der Waals surface area contributed by atoms with E-state index in [0.717, 1.165) is 25.9 Å². The number of amides is 1. The molecule has 0 aromatic rings. The van der Waals surface area contributed by atoms with Crippen LogP contribution in [0.3, 0.4) is 0 Å². The lowest BCUT2D eigenvalue weighted by atomic mass is 9.96. The van der Waals surface area contributed by atoms with Crippen LogP contribution in [0.25, 0.3) is 0 Å². The SMILES string of the molecule is CCOC(=O)OC(C)OC(=O)[C@@H]1N2C(=O)C(N=CN3CCCCCC3)[C@H]2SC1(C)C. The summed E-state index contributed by atoms with van der Waals surface area (Å²) in [7, 11) is 0. The number of aliphatic imine (C=N–C) groups is 1. The number of rotatable bonds is 6. The van der Waals surface area contributed by atoms with Crippen molar-refractivity contribution in [2.24, 2.45) is 4.99 Å². The van der Waals surface area contributed by atoms with E-state index >= 15 is 0 Å². The third-order valence-electron chi connectivity index (χ3n) is 5.47. The van der Waals surface area contributed by atoms with Gasteiger partial charge in [-0.05, 0) is 33.6 Å². The molecular formula is C20H31N3O6S. The third-order valence-corrected chi connectivity index (χ3v) is 7.03. The van der Waals surface area contributed by atoms with Crippen LogP contribution in [0.2, 0.25) is 0 Å². The number of hydrogen-bond acceptors (Lipinski definition) is 8. The normalized spacial score (nSPS) is 29.1. The Morgan fingerprint density at radius 2 is 1.90 bits per heavy atom. The van der Waals surface area contributed by atoms with E-state index in [-0.39, 0.29) is 17.9 Å². The maximum Gasteiger partial charge on any atom is 0.511 e. The van der Waals surface area contributed by atoms with E-state index in [1.165, 1.54) is 19.8 Å². The van der Waals surface area contributed by atoms with Crippen LogP contribution in [0.15, 0.2) is 4.99 Å². The average Bonchev–Trinajstić information content (AvgIpc) is 2.81. The molecule has 3 aliphatic heterocycles. The second-order valence-electron chi connectivity index (χ2n) is 8.22. The predicted molar refractivity (Wildman–Crippen MR) is 112 cm³/mol. The second kappa shape index (κ2) is 9.45. The van der Waals surface area contributed by atoms with Crippen LogP contribution in [0.5, 0.6) is 0 Å². The van der Waals surface area contributed by atoms with Crippen molar-refractivity contribution < 1.29 is 28.6 Å². The summed E-state index contributed by atoms with van der Waals surface area (Å²) in [4.78, 5) is 45.3. The van der Waals surface area contributed by atoms with Crippen LogP contribution in [0.4, 0.5) is 4.79 Å². The van der Waals surface area contributed by atoms with Crippen LogP contribution < -0.4 is 0 Å². The Balaban J connectivity index is 1.61. The Bertz CT molecular complexity index is 692. The zero-order chi connectivity index (χ0) is 21.9. The molecule has 2 unspecified atom stereocenters. The number of thioether (sulfide) groups is 1. The fourth-order valence-corrected chi connectivity index (χ4v) is 5.64. The monoisotopic (exact) mass is 441 g/mol. The summed E-state index contributed by atoms with van der Waals surface area (Å²) in [6.07, 6.45) is 4.54. The predicted octanol–water partition coefficient (Wildman–Crippen LogP) is 2.38. The van der Waals surface area contributed by atoms with Gasteiger partial charge in [0.2, 0.25) is 6.29 Å².